The molecular formula is C20H20N2O. The normalized spacial score (nSPS) is 11.9. The molecule has 1 amide bonds. The highest BCUT2D eigenvalue weighted by molar-refractivity contribution is 5.98. The van der Waals surface area contributed by atoms with Gasteiger partial charge in [0.2, 0.25) is 0 Å². The zero-order chi connectivity index (χ0) is 16.1. The number of anilines is 1. The van der Waals surface area contributed by atoms with E-state index in [4.69, 9.17) is 0 Å². The number of carbonyl (C=O) groups is 1. The zero-order valence-electron chi connectivity index (χ0n) is 13.2. The van der Waals surface area contributed by atoms with Gasteiger partial charge in [-0.1, -0.05) is 48.5 Å². The molecule has 0 aliphatic heterocycles. The minimum absolute atomic E-state index is 0.0705. The van der Waals surface area contributed by atoms with Crippen molar-refractivity contribution in [1.82, 2.24) is 4.57 Å². The van der Waals surface area contributed by atoms with E-state index < -0.39 is 0 Å². The average Bonchev–Trinajstić information content (AvgIpc) is 3.12. The average molecular weight is 304 g/mol. The molecule has 0 spiro atoms. The van der Waals surface area contributed by atoms with Gasteiger partial charge >= 0.3 is 0 Å². The van der Waals surface area contributed by atoms with Gasteiger partial charge in [-0.2, -0.15) is 0 Å². The highest BCUT2D eigenvalue weighted by atomic mass is 16.2. The van der Waals surface area contributed by atoms with Gasteiger partial charge in [-0.15, -0.1) is 0 Å². The second-order valence-corrected chi connectivity index (χ2v) is 5.36. The zero-order valence-corrected chi connectivity index (χ0v) is 13.2. The van der Waals surface area contributed by atoms with Crippen LogP contribution in [0.25, 0.3) is 0 Å². The fraction of sp³-hybridized carbons (Fsp3) is 0.150. The summed E-state index contributed by atoms with van der Waals surface area (Å²) in [5, 5.41) is 0. The largest absolute Gasteiger partial charge is 0.338 e. The molecule has 3 rings (SSSR count). The molecule has 116 valence electrons. The van der Waals surface area contributed by atoms with Crippen molar-refractivity contribution in [2.24, 2.45) is 0 Å². The Labute approximate surface area is 136 Å². The van der Waals surface area contributed by atoms with Crippen molar-refractivity contribution in [2.45, 2.75) is 13.0 Å². The highest BCUT2D eigenvalue weighted by Gasteiger charge is 2.26. The van der Waals surface area contributed by atoms with Gasteiger partial charge in [0.05, 0.1) is 0 Å². The van der Waals surface area contributed by atoms with Crippen molar-refractivity contribution in [1.29, 1.82) is 0 Å². The summed E-state index contributed by atoms with van der Waals surface area (Å²) in [6, 6.07) is 23.3. The predicted molar refractivity (Wildman–Crippen MR) is 93.5 cm³/mol. The summed E-state index contributed by atoms with van der Waals surface area (Å²) >= 11 is 0. The summed E-state index contributed by atoms with van der Waals surface area (Å²) in [6.07, 6.45) is 3.88. The Bertz CT molecular complexity index is 736. The van der Waals surface area contributed by atoms with E-state index >= 15 is 0 Å². The van der Waals surface area contributed by atoms with E-state index in [9.17, 15) is 4.79 Å². The van der Waals surface area contributed by atoms with E-state index in [0.29, 0.717) is 6.54 Å². The number of carbonyl (C=O) groups excluding carboxylic acids is 1. The Morgan fingerprint density at radius 1 is 0.913 bits per heavy atom. The number of hydrogen-bond donors (Lipinski definition) is 0. The Morgan fingerprint density at radius 2 is 1.48 bits per heavy atom. The molecule has 1 heterocycles. The summed E-state index contributed by atoms with van der Waals surface area (Å²) in [7, 11) is 0. The first kappa shape index (κ1) is 15.1. The van der Waals surface area contributed by atoms with Crippen LogP contribution >= 0.6 is 0 Å². The number of aromatic nitrogens is 1. The van der Waals surface area contributed by atoms with Gasteiger partial charge in [0.25, 0.3) is 5.91 Å². The molecule has 0 saturated carbocycles. The molecule has 0 saturated heterocycles. The molecule has 0 aliphatic carbocycles. The van der Waals surface area contributed by atoms with Gasteiger partial charge in [0, 0.05) is 24.6 Å². The Hall–Kier alpha value is -2.81. The van der Waals surface area contributed by atoms with Gasteiger partial charge < -0.3 is 9.47 Å². The van der Waals surface area contributed by atoms with Crippen LogP contribution in [0.1, 0.15) is 18.5 Å². The Kier molecular flexibility index (Phi) is 4.57. The number of rotatable bonds is 5. The van der Waals surface area contributed by atoms with Crippen LogP contribution in [0.3, 0.4) is 0 Å². The van der Waals surface area contributed by atoms with Crippen molar-refractivity contribution >= 4 is 11.6 Å². The maximum atomic E-state index is 13.3. The van der Waals surface area contributed by atoms with E-state index in [2.05, 4.69) is 0 Å². The lowest BCUT2D eigenvalue weighted by atomic mass is 10.0. The van der Waals surface area contributed by atoms with Crippen LogP contribution in [0, 0.1) is 0 Å². The van der Waals surface area contributed by atoms with Gasteiger partial charge in [0.15, 0.2) is 0 Å². The van der Waals surface area contributed by atoms with Crippen molar-refractivity contribution < 1.29 is 4.79 Å². The number of nitrogens with zero attached hydrogens (tertiary/aromatic N) is 2. The molecule has 3 aromatic rings. The van der Waals surface area contributed by atoms with Crippen LogP contribution in [0.5, 0.6) is 0 Å². The first-order chi connectivity index (χ1) is 11.3. The minimum Gasteiger partial charge on any atom is -0.338 e. The van der Waals surface area contributed by atoms with Crippen molar-refractivity contribution in [3.05, 3.63) is 90.8 Å². The standard InChI is InChI=1S/C20H20N2O/c1-2-22(18-13-7-4-8-14-18)20(23)19(21-15-9-10-16-21)17-11-5-3-6-12-17/h3-16,19H,2H2,1H3/t19-/m0/s1. The lowest BCUT2D eigenvalue weighted by Gasteiger charge is -2.27. The third-order valence-electron chi connectivity index (χ3n) is 3.93. The molecule has 3 nitrogen and oxygen atoms in total. The fourth-order valence-electron chi connectivity index (χ4n) is 2.82. The first-order valence-corrected chi connectivity index (χ1v) is 7.85. The smallest absolute Gasteiger partial charge is 0.254 e. The molecule has 23 heavy (non-hydrogen) atoms. The Balaban J connectivity index is 2.01. The van der Waals surface area contributed by atoms with Gasteiger partial charge in [-0.05, 0) is 36.8 Å². The van der Waals surface area contributed by atoms with Crippen LogP contribution in [0.4, 0.5) is 5.69 Å². The molecule has 0 aliphatic rings. The maximum Gasteiger partial charge on any atom is 0.254 e. The first-order valence-electron chi connectivity index (χ1n) is 7.85. The Morgan fingerprint density at radius 3 is 2.04 bits per heavy atom. The summed E-state index contributed by atoms with van der Waals surface area (Å²) < 4.78 is 1.96. The molecule has 1 aromatic heterocycles. The van der Waals surface area contributed by atoms with Crippen molar-refractivity contribution in [2.75, 3.05) is 11.4 Å². The number of para-hydroxylation sites is 1. The van der Waals surface area contributed by atoms with Crippen LogP contribution in [-0.2, 0) is 4.79 Å². The lowest BCUT2D eigenvalue weighted by molar-refractivity contribution is -0.120. The topological polar surface area (TPSA) is 25.2 Å². The van der Waals surface area contributed by atoms with E-state index in [1.54, 1.807) is 0 Å². The minimum atomic E-state index is -0.355. The molecule has 2 aromatic carbocycles. The van der Waals surface area contributed by atoms with E-state index in [-0.39, 0.29) is 11.9 Å². The fourth-order valence-corrected chi connectivity index (χ4v) is 2.82. The molecule has 0 fully saturated rings. The van der Waals surface area contributed by atoms with Crippen molar-refractivity contribution in [3.63, 3.8) is 0 Å². The van der Waals surface area contributed by atoms with E-state index in [1.807, 2.05) is 102 Å². The molecular weight excluding hydrogens is 284 g/mol. The van der Waals surface area contributed by atoms with E-state index in [0.717, 1.165) is 11.3 Å². The quantitative estimate of drug-likeness (QED) is 0.695. The number of hydrogen-bond acceptors (Lipinski definition) is 1. The number of benzene rings is 2. The molecule has 0 unspecified atom stereocenters. The van der Waals surface area contributed by atoms with Crippen LogP contribution < -0.4 is 4.90 Å². The van der Waals surface area contributed by atoms with Gasteiger partial charge in [0.1, 0.15) is 6.04 Å². The van der Waals surface area contributed by atoms with Crippen LogP contribution in [0.2, 0.25) is 0 Å². The summed E-state index contributed by atoms with van der Waals surface area (Å²) in [5.74, 6) is 0.0705. The lowest BCUT2D eigenvalue weighted by Crippen LogP contribution is -2.37. The van der Waals surface area contributed by atoms with E-state index in [1.165, 1.54) is 0 Å². The molecule has 0 radical (unpaired) electrons. The van der Waals surface area contributed by atoms with Crippen LogP contribution in [-0.4, -0.2) is 17.0 Å². The van der Waals surface area contributed by atoms with Crippen molar-refractivity contribution in [3.8, 4) is 0 Å². The second kappa shape index (κ2) is 6.97. The maximum absolute atomic E-state index is 13.3. The summed E-state index contributed by atoms with van der Waals surface area (Å²) in [6.45, 7) is 2.63. The number of amides is 1. The molecule has 0 N–H and O–H groups in total. The monoisotopic (exact) mass is 304 g/mol. The summed E-state index contributed by atoms with van der Waals surface area (Å²) in [4.78, 5) is 15.1. The molecule has 1 atom stereocenters. The molecule has 3 heteroatoms. The van der Waals surface area contributed by atoms with Gasteiger partial charge in [-0.3, -0.25) is 4.79 Å². The third kappa shape index (κ3) is 3.19. The molecule has 0 bridgehead atoms. The summed E-state index contributed by atoms with van der Waals surface area (Å²) in [5.41, 5.74) is 1.91. The van der Waals surface area contributed by atoms with Crippen LogP contribution in [0.15, 0.2) is 85.2 Å². The SMILES string of the molecule is CCN(C(=O)[C@H](c1ccccc1)n1cccc1)c1ccccc1. The predicted octanol–water partition coefficient (Wildman–Crippen LogP) is 4.13. The van der Waals surface area contributed by atoms with Gasteiger partial charge in [-0.25, -0.2) is 0 Å². The number of likely N-dealkylation sites (N-methyl/N-ethyl adjacent to an activating group) is 1. The highest BCUT2D eigenvalue weighted by Crippen LogP contribution is 2.24. The second-order valence-electron chi connectivity index (χ2n) is 5.36. The third-order valence-corrected chi connectivity index (χ3v) is 3.93.